The van der Waals surface area contributed by atoms with Crippen LogP contribution in [-0.2, 0) is 11.8 Å². The molecule has 0 spiro atoms. The molecule has 2 atom stereocenters. The summed E-state index contributed by atoms with van der Waals surface area (Å²) in [6.07, 6.45) is 3.05. The van der Waals surface area contributed by atoms with Gasteiger partial charge in [-0.1, -0.05) is 12.1 Å². The second-order valence-corrected chi connectivity index (χ2v) is 4.62. The van der Waals surface area contributed by atoms with E-state index in [0.717, 1.165) is 22.9 Å². The van der Waals surface area contributed by atoms with Crippen LogP contribution in [0.25, 0.3) is 10.9 Å². The normalized spacial score (nSPS) is 25.3. The van der Waals surface area contributed by atoms with Gasteiger partial charge >= 0.3 is 0 Å². The lowest BCUT2D eigenvalue weighted by atomic mass is 9.99. The number of hydrogen-bond acceptors (Lipinski definition) is 3. The Bertz CT molecular complexity index is 535. The van der Waals surface area contributed by atoms with Gasteiger partial charge in [-0.25, -0.2) is 0 Å². The van der Waals surface area contributed by atoms with Gasteiger partial charge in [-0.15, -0.1) is 0 Å². The van der Waals surface area contributed by atoms with Crippen LogP contribution in [0.5, 0.6) is 0 Å². The molecule has 0 bridgehead atoms. The van der Waals surface area contributed by atoms with Gasteiger partial charge in [-0.2, -0.15) is 5.10 Å². The zero-order valence-corrected chi connectivity index (χ0v) is 9.84. The number of hydrogen-bond donors (Lipinski definition) is 1. The molecule has 1 aliphatic heterocycles. The largest absolute Gasteiger partial charge is 0.393 e. The van der Waals surface area contributed by atoms with E-state index in [1.165, 1.54) is 0 Å². The maximum atomic E-state index is 9.67. The second-order valence-electron chi connectivity index (χ2n) is 4.62. The van der Waals surface area contributed by atoms with Crippen LogP contribution in [0.4, 0.5) is 0 Å². The first kappa shape index (κ1) is 10.7. The van der Waals surface area contributed by atoms with Crippen molar-refractivity contribution in [3.63, 3.8) is 0 Å². The minimum absolute atomic E-state index is 0.0121. The van der Waals surface area contributed by atoms with Crippen molar-refractivity contribution < 1.29 is 9.84 Å². The summed E-state index contributed by atoms with van der Waals surface area (Å²) in [7, 11) is 1.93. The maximum absolute atomic E-state index is 9.67. The molecule has 0 saturated carbocycles. The van der Waals surface area contributed by atoms with Crippen LogP contribution in [-0.4, -0.2) is 27.6 Å². The van der Waals surface area contributed by atoms with Gasteiger partial charge in [0.15, 0.2) is 0 Å². The molecule has 1 aliphatic rings. The highest BCUT2D eigenvalue weighted by Crippen LogP contribution is 2.29. The first-order valence-electron chi connectivity index (χ1n) is 5.95. The Labute approximate surface area is 99.8 Å². The molecule has 0 radical (unpaired) electrons. The Kier molecular flexibility index (Phi) is 2.61. The Hall–Kier alpha value is -1.39. The van der Waals surface area contributed by atoms with Crippen LogP contribution >= 0.6 is 0 Å². The second kappa shape index (κ2) is 4.13. The van der Waals surface area contributed by atoms with E-state index in [2.05, 4.69) is 23.3 Å². The van der Waals surface area contributed by atoms with E-state index in [9.17, 15) is 5.11 Å². The zero-order chi connectivity index (χ0) is 11.8. The van der Waals surface area contributed by atoms with Crippen molar-refractivity contribution in [3.8, 4) is 0 Å². The smallest absolute Gasteiger partial charge is 0.0850 e. The molecule has 2 unspecified atom stereocenters. The van der Waals surface area contributed by atoms with Crippen LogP contribution in [0.2, 0.25) is 0 Å². The molecule has 17 heavy (non-hydrogen) atoms. The molecule has 90 valence electrons. The number of aryl methyl sites for hydroxylation is 1. The number of ether oxygens (including phenoxy) is 1. The highest BCUT2D eigenvalue weighted by atomic mass is 16.5. The first-order chi connectivity index (χ1) is 8.24. The predicted molar refractivity (Wildman–Crippen MR) is 64.6 cm³/mol. The Morgan fingerprint density at radius 1 is 1.47 bits per heavy atom. The molecule has 1 aromatic heterocycles. The summed E-state index contributed by atoms with van der Waals surface area (Å²) >= 11 is 0. The third kappa shape index (κ3) is 1.94. The third-order valence-electron chi connectivity index (χ3n) is 3.40. The summed E-state index contributed by atoms with van der Waals surface area (Å²) in [5.41, 5.74) is 2.23. The van der Waals surface area contributed by atoms with Gasteiger partial charge in [-0.05, 0) is 18.1 Å². The summed E-state index contributed by atoms with van der Waals surface area (Å²) in [5.74, 6) is 0. The fourth-order valence-corrected chi connectivity index (χ4v) is 2.37. The molecule has 2 heterocycles. The van der Waals surface area contributed by atoms with Gasteiger partial charge in [0, 0.05) is 25.5 Å². The molecule has 1 N–H and O–H groups in total. The molecule has 4 nitrogen and oxygen atoms in total. The number of aliphatic hydroxyl groups is 1. The van der Waals surface area contributed by atoms with Crippen molar-refractivity contribution in [1.82, 2.24) is 9.78 Å². The minimum atomic E-state index is -0.240. The van der Waals surface area contributed by atoms with Gasteiger partial charge in [0.25, 0.3) is 0 Å². The molecule has 1 fully saturated rings. The number of nitrogens with zero attached hydrogens (tertiary/aromatic N) is 2. The number of aliphatic hydroxyl groups excluding tert-OH is 1. The van der Waals surface area contributed by atoms with Gasteiger partial charge in [0.1, 0.15) is 0 Å². The Balaban J connectivity index is 1.96. The van der Waals surface area contributed by atoms with E-state index in [1.807, 2.05) is 17.9 Å². The van der Waals surface area contributed by atoms with Crippen molar-refractivity contribution in [2.75, 3.05) is 6.61 Å². The molecule has 4 heteroatoms. The van der Waals surface area contributed by atoms with Gasteiger partial charge in [0.05, 0.1) is 23.9 Å². The molecule has 2 aromatic rings. The van der Waals surface area contributed by atoms with E-state index in [-0.39, 0.29) is 12.2 Å². The van der Waals surface area contributed by atoms with Crippen LogP contribution in [0.1, 0.15) is 24.5 Å². The summed E-state index contributed by atoms with van der Waals surface area (Å²) in [6, 6.07) is 6.22. The van der Waals surface area contributed by atoms with E-state index in [0.29, 0.717) is 13.0 Å². The fourth-order valence-electron chi connectivity index (χ4n) is 2.37. The summed E-state index contributed by atoms with van der Waals surface area (Å²) < 4.78 is 7.57. The number of rotatable bonds is 1. The van der Waals surface area contributed by atoms with Crippen molar-refractivity contribution in [1.29, 1.82) is 0 Å². The van der Waals surface area contributed by atoms with E-state index in [1.54, 1.807) is 0 Å². The van der Waals surface area contributed by atoms with Gasteiger partial charge < -0.3 is 9.84 Å². The summed E-state index contributed by atoms with van der Waals surface area (Å²) in [6.45, 7) is 0.634. The highest BCUT2D eigenvalue weighted by molar-refractivity contribution is 5.79. The SMILES string of the molecule is Cn1ncc2ccc(C3CC(O)CCO3)cc21. The first-order valence-corrected chi connectivity index (χ1v) is 5.95. The van der Waals surface area contributed by atoms with Crippen LogP contribution in [0.3, 0.4) is 0 Å². The van der Waals surface area contributed by atoms with E-state index < -0.39 is 0 Å². The molecule has 1 aromatic carbocycles. The minimum Gasteiger partial charge on any atom is -0.393 e. The molecular weight excluding hydrogens is 216 g/mol. The van der Waals surface area contributed by atoms with Gasteiger partial charge in [-0.3, -0.25) is 4.68 Å². The van der Waals surface area contributed by atoms with Gasteiger partial charge in [0.2, 0.25) is 0 Å². The highest BCUT2D eigenvalue weighted by Gasteiger charge is 2.22. The molecule has 0 aliphatic carbocycles. The van der Waals surface area contributed by atoms with Crippen molar-refractivity contribution in [2.45, 2.75) is 25.0 Å². The quantitative estimate of drug-likeness (QED) is 0.815. The molecule has 3 rings (SSSR count). The van der Waals surface area contributed by atoms with E-state index >= 15 is 0 Å². The van der Waals surface area contributed by atoms with Crippen LogP contribution in [0.15, 0.2) is 24.4 Å². The monoisotopic (exact) mass is 232 g/mol. The standard InChI is InChI=1S/C13H16N2O2/c1-15-12-6-9(2-3-10(12)8-14-15)13-7-11(16)4-5-17-13/h2-3,6,8,11,13,16H,4-5,7H2,1H3. The fraction of sp³-hybridized carbons (Fsp3) is 0.462. The van der Waals surface area contributed by atoms with Crippen LogP contribution < -0.4 is 0 Å². The summed E-state index contributed by atoms with van der Waals surface area (Å²) in [4.78, 5) is 0. The average molecular weight is 232 g/mol. The topological polar surface area (TPSA) is 47.3 Å². The van der Waals surface area contributed by atoms with Crippen molar-refractivity contribution in [3.05, 3.63) is 30.0 Å². The number of benzene rings is 1. The third-order valence-corrected chi connectivity index (χ3v) is 3.40. The van der Waals surface area contributed by atoms with Crippen molar-refractivity contribution in [2.24, 2.45) is 7.05 Å². The average Bonchev–Trinajstić information content (AvgIpc) is 2.71. The molecule has 1 saturated heterocycles. The van der Waals surface area contributed by atoms with E-state index in [4.69, 9.17) is 4.74 Å². The molecular formula is C13H16N2O2. The number of fused-ring (bicyclic) bond motifs is 1. The predicted octanol–water partition coefficient (Wildman–Crippen LogP) is 1.79. The van der Waals surface area contributed by atoms with Crippen molar-refractivity contribution >= 4 is 10.9 Å². The lowest BCUT2D eigenvalue weighted by Crippen LogP contribution is -2.23. The lowest BCUT2D eigenvalue weighted by Gasteiger charge is -2.26. The summed E-state index contributed by atoms with van der Waals surface area (Å²) in [5, 5.41) is 15.0. The lowest BCUT2D eigenvalue weighted by molar-refractivity contribution is -0.0447. The maximum Gasteiger partial charge on any atom is 0.0850 e. The number of aromatic nitrogens is 2. The zero-order valence-electron chi connectivity index (χ0n) is 9.84. The Morgan fingerprint density at radius 2 is 2.35 bits per heavy atom. The van der Waals surface area contributed by atoms with Crippen LogP contribution in [0, 0.1) is 0 Å². The Morgan fingerprint density at radius 3 is 3.18 bits per heavy atom. The molecule has 0 amide bonds.